The van der Waals surface area contributed by atoms with Gasteiger partial charge in [-0.1, -0.05) is 56.6 Å². The molecule has 4 heteroatoms. The zero-order valence-corrected chi connectivity index (χ0v) is 20.3. The van der Waals surface area contributed by atoms with Gasteiger partial charge in [-0.2, -0.15) is 0 Å². The Bertz CT molecular complexity index is 821. The second kappa shape index (κ2) is 8.76. The molecule has 1 heterocycles. The van der Waals surface area contributed by atoms with Crippen molar-refractivity contribution in [1.82, 2.24) is 0 Å². The number of hydrogen-bond acceptors (Lipinski definition) is 4. The van der Waals surface area contributed by atoms with Gasteiger partial charge < -0.3 is 14.9 Å². The Morgan fingerprint density at radius 1 is 1.03 bits per heavy atom. The number of allylic oxidation sites excluding steroid dienone is 4. The molecule has 0 aromatic heterocycles. The highest BCUT2D eigenvalue weighted by Crippen LogP contribution is 2.60. The number of esters is 1. The molecule has 3 fully saturated rings. The van der Waals surface area contributed by atoms with Crippen LogP contribution in [0.1, 0.15) is 91.4 Å². The van der Waals surface area contributed by atoms with E-state index in [1.165, 1.54) is 31.3 Å². The number of rotatable bonds is 0. The normalized spacial score (nSPS) is 45.3. The predicted octanol–water partition coefficient (Wildman–Crippen LogP) is 5.64. The number of ether oxygens (including phenoxy) is 1. The fraction of sp³-hybridized carbons (Fsp3) is 0.750. The second-order valence-electron chi connectivity index (χ2n) is 11.8. The lowest BCUT2D eigenvalue weighted by atomic mass is 9.60. The summed E-state index contributed by atoms with van der Waals surface area (Å²) in [4.78, 5) is 12.8. The minimum absolute atomic E-state index is 0.0736. The molecule has 6 bridgehead atoms. The summed E-state index contributed by atoms with van der Waals surface area (Å²) in [5.41, 5.74) is 1.23. The third kappa shape index (κ3) is 4.50. The molecule has 3 saturated carbocycles. The number of hydrogen-bond donors (Lipinski definition) is 2. The maximum Gasteiger partial charge on any atom is 0.338 e. The van der Waals surface area contributed by atoms with E-state index in [0.29, 0.717) is 36.5 Å². The van der Waals surface area contributed by atoms with Crippen LogP contribution in [-0.4, -0.2) is 34.0 Å². The van der Waals surface area contributed by atoms with E-state index in [-0.39, 0.29) is 13.0 Å². The van der Waals surface area contributed by atoms with E-state index in [4.69, 9.17) is 4.74 Å². The molecule has 32 heavy (non-hydrogen) atoms. The van der Waals surface area contributed by atoms with Crippen LogP contribution in [-0.2, 0) is 9.53 Å². The summed E-state index contributed by atoms with van der Waals surface area (Å²) < 4.78 is 5.46. The highest BCUT2D eigenvalue weighted by Gasteiger charge is 2.50. The van der Waals surface area contributed by atoms with Crippen molar-refractivity contribution in [1.29, 1.82) is 0 Å². The molecule has 0 aromatic rings. The summed E-state index contributed by atoms with van der Waals surface area (Å²) in [7, 11) is 0. The van der Waals surface area contributed by atoms with E-state index in [2.05, 4.69) is 32.6 Å². The van der Waals surface area contributed by atoms with Gasteiger partial charge in [0.15, 0.2) is 5.60 Å². The SMILES string of the molecule is C=C1CC[C@]2(O)C/C1=C/C=C1CCC[C@@]3(C)C1CC[C@@H]3[C@H](C)CCCC(C)(O)COC2=O. The molecule has 0 saturated heterocycles. The third-order valence-corrected chi connectivity index (χ3v) is 9.27. The molecule has 178 valence electrons. The van der Waals surface area contributed by atoms with Gasteiger partial charge in [-0.3, -0.25) is 0 Å². The molecule has 4 nitrogen and oxygen atoms in total. The Morgan fingerprint density at radius 2 is 1.81 bits per heavy atom. The van der Waals surface area contributed by atoms with Gasteiger partial charge in [-0.05, 0) is 87.0 Å². The van der Waals surface area contributed by atoms with Crippen molar-refractivity contribution in [2.45, 2.75) is 103 Å². The summed E-state index contributed by atoms with van der Waals surface area (Å²) in [5.74, 6) is 1.35. The number of fused-ring (bicyclic) bond motifs is 2. The molecule has 6 atom stereocenters. The first-order chi connectivity index (χ1) is 15.0. The molecule has 4 aliphatic rings. The maximum atomic E-state index is 12.8. The fourth-order valence-electron chi connectivity index (χ4n) is 7.25. The van der Waals surface area contributed by atoms with Crippen LogP contribution in [0.25, 0.3) is 0 Å². The highest BCUT2D eigenvalue weighted by atomic mass is 16.6. The van der Waals surface area contributed by atoms with Crippen molar-refractivity contribution < 1.29 is 19.7 Å². The van der Waals surface area contributed by atoms with Crippen LogP contribution in [0.15, 0.2) is 35.5 Å². The van der Waals surface area contributed by atoms with E-state index >= 15 is 0 Å². The summed E-state index contributed by atoms with van der Waals surface area (Å²) in [6.45, 7) is 10.8. The third-order valence-electron chi connectivity index (χ3n) is 9.27. The minimum atomic E-state index is -1.54. The first kappa shape index (κ1) is 23.8. The number of carbonyl (C=O) groups excluding carboxylic acids is 1. The highest BCUT2D eigenvalue weighted by molar-refractivity contribution is 5.80. The van der Waals surface area contributed by atoms with Gasteiger partial charge in [0, 0.05) is 6.42 Å². The molecule has 1 aliphatic heterocycles. The van der Waals surface area contributed by atoms with E-state index in [9.17, 15) is 15.0 Å². The fourth-order valence-corrected chi connectivity index (χ4v) is 7.25. The predicted molar refractivity (Wildman–Crippen MR) is 127 cm³/mol. The van der Waals surface area contributed by atoms with Gasteiger partial charge in [0.25, 0.3) is 0 Å². The van der Waals surface area contributed by atoms with Crippen molar-refractivity contribution >= 4 is 5.97 Å². The van der Waals surface area contributed by atoms with Crippen molar-refractivity contribution in [3.63, 3.8) is 0 Å². The van der Waals surface area contributed by atoms with Gasteiger partial charge >= 0.3 is 5.97 Å². The quantitative estimate of drug-likeness (QED) is 0.476. The topological polar surface area (TPSA) is 66.8 Å². The minimum Gasteiger partial charge on any atom is -0.461 e. The Morgan fingerprint density at radius 3 is 2.59 bits per heavy atom. The molecule has 0 radical (unpaired) electrons. The molecule has 3 aliphatic carbocycles. The lowest BCUT2D eigenvalue weighted by Gasteiger charge is -2.44. The molecule has 2 unspecified atom stereocenters. The van der Waals surface area contributed by atoms with Crippen LogP contribution < -0.4 is 0 Å². The molecular formula is C28H42O4. The lowest BCUT2D eigenvalue weighted by molar-refractivity contribution is -0.173. The van der Waals surface area contributed by atoms with Crippen LogP contribution >= 0.6 is 0 Å². The first-order valence-corrected chi connectivity index (χ1v) is 12.7. The zero-order valence-electron chi connectivity index (χ0n) is 20.3. The monoisotopic (exact) mass is 442 g/mol. The van der Waals surface area contributed by atoms with E-state index < -0.39 is 17.2 Å². The van der Waals surface area contributed by atoms with E-state index in [1.807, 2.05) is 0 Å². The summed E-state index contributed by atoms with van der Waals surface area (Å²) in [6, 6.07) is 0. The number of carbonyl (C=O) groups is 1. The standard InChI is InChI=1S/C28H42O4/c1-19-13-16-28(31)17-22(19)10-9-21-8-6-15-27(4)23(11-12-24(21)27)20(2)7-5-14-26(3,30)18-32-25(28)29/h9-10,20,23-24,30-31H,1,5-8,11-18H2,2-4H3/b21-9?,22-10-/t20-,23-,24?,26?,27-,28+/m1/s1. The van der Waals surface area contributed by atoms with Gasteiger partial charge in [0.2, 0.25) is 0 Å². The van der Waals surface area contributed by atoms with Crippen molar-refractivity contribution in [3.05, 3.63) is 35.5 Å². The van der Waals surface area contributed by atoms with Crippen LogP contribution in [0, 0.1) is 23.2 Å². The van der Waals surface area contributed by atoms with Crippen molar-refractivity contribution in [2.24, 2.45) is 23.2 Å². The van der Waals surface area contributed by atoms with E-state index in [0.717, 1.165) is 36.3 Å². The Labute approximate surface area is 193 Å². The molecule has 0 spiro atoms. The van der Waals surface area contributed by atoms with Crippen LogP contribution in [0.3, 0.4) is 0 Å². The smallest absolute Gasteiger partial charge is 0.338 e. The zero-order chi connectivity index (χ0) is 23.1. The summed E-state index contributed by atoms with van der Waals surface area (Å²) in [5, 5.41) is 21.9. The summed E-state index contributed by atoms with van der Waals surface area (Å²) >= 11 is 0. The van der Waals surface area contributed by atoms with E-state index in [1.54, 1.807) is 6.92 Å². The first-order valence-electron chi connectivity index (χ1n) is 12.7. The average molecular weight is 443 g/mol. The Balaban J connectivity index is 1.68. The van der Waals surface area contributed by atoms with Crippen LogP contribution in [0.4, 0.5) is 0 Å². The van der Waals surface area contributed by atoms with Gasteiger partial charge in [-0.15, -0.1) is 0 Å². The number of cyclic esters (lactones) is 1. The largest absolute Gasteiger partial charge is 0.461 e. The average Bonchev–Trinajstić information content (AvgIpc) is 3.09. The maximum absolute atomic E-state index is 12.8. The molecular weight excluding hydrogens is 400 g/mol. The van der Waals surface area contributed by atoms with Gasteiger partial charge in [0.1, 0.15) is 6.61 Å². The molecule has 0 amide bonds. The molecule has 0 aromatic carbocycles. The lowest BCUT2D eigenvalue weighted by Crippen LogP contribution is -2.45. The van der Waals surface area contributed by atoms with Gasteiger partial charge in [0.05, 0.1) is 5.60 Å². The van der Waals surface area contributed by atoms with Crippen molar-refractivity contribution in [2.75, 3.05) is 6.61 Å². The Hall–Kier alpha value is -1.39. The van der Waals surface area contributed by atoms with Crippen LogP contribution in [0.5, 0.6) is 0 Å². The second-order valence-corrected chi connectivity index (χ2v) is 11.8. The van der Waals surface area contributed by atoms with Gasteiger partial charge in [-0.25, -0.2) is 4.79 Å². The Kier molecular flexibility index (Phi) is 6.50. The van der Waals surface area contributed by atoms with Crippen LogP contribution in [0.2, 0.25) is 0 Å². The summed E-state index contributed by atoms with van der Waals surface area (Å²) in [6.07, 6.45) is 14.4. The van der Waals surface area contributed by atoms with Crippen molar-refractivity contribution in [3.8, 4) is 0 Å². The molecule has 4 rings (SSSR count). The molecule has 2 N–H and O–H groups in total. The number of aliphatic hydroxyl groups is 2.